The van der Waals surface area contributed by atoms with Gasteiger partial charge in [0.15, 0.2) is 0 Å². The number of para-hydroxylation sites is 1. The van der Waals surface area contributed by atoms with Crippen LogP contribution in [0.25, 0.3) is 11.0 Å². The Hall–Kier alpha value is -2.13. The summed E-state index contributed by atoms with van der Waals surface area (Å²) in [6.45, 7) is 1.97. The van der Waals surface area contributed by atoms with Crippen molar-refractivity contribution in [3.05, 3.63) is 71.2 Å². The third-order valence-electron chi connectivity index (χ3n) is 3.41. The molecule has 0 aliphatic carbocycles. The van der Waals surface area contributed by atoms with Crippen molar-refractivity contribution >= 4 is 11.0 Å². The minimum absolute atomic E-state index is 0.296. The number of aliphatic hydroxyl groups is 1. The van der Waals surface area contributed by atoms with Crippen LogP contribution in [0.4, 0.5) is 4.39 Å². The van der Waals surface area contributed by atoms with E-state index in [0.717, 1.165) is 22.1 Å². The Bertz CT molecular complexity index is 746. The summed E-state index contributed by atoms with van der Waals surface area (Å²) < 4.78 is 18.9. The van der Waals surface area contributed by atoms with Gasteiger partial charge in [0.1, 0.15) is 23.3 Å². The summed E-state index contributed by atoms with van der Waals surface area (Å²) in [5.74, 6) is 0.216. The third kappa shape index (κ3) is 2.45. The van der Waals surface area contributed by atoms with Crippen LogP contribution in [-0.4, -0.2) is 5.11 Å². The van der Waals surface area contributed by atoms with Gasteiger partial charge in [-0.25, -0.2) is 4.39 Å². The summed E-state index contributed by atoms with van der Waals surface area (Å²) in [6, 6.07) is 14.0. The van der Waals surface area contributed by atoms with Gasteiger partial charge in [-0.2, -0.15) is 0 Å². The Morgan fingerprint density at radius 3 is 2.70 bits per heavy atom. The Balaban J connectivity index is 1.89. The molecule has 20 heavy (non-hydrogen) atoms. The van der Waals surface area contributed by atoms with Crippen LogP contribution in [0.5, 0.6) is 0 Å². The average Bonchev–Trinajstić information content (AvgIpc) is 2.84. The molecule has 1 N–H and O–H groups in total. The second-order valence-corrected chi connectivity index (χ2v) is 4.99. The van der Waals surface area contributed by atoms with Crippen LogP contribution in [0.15, 0.2) is 52.9 Å². The number of halogens is 1. The molecule has 1 heterocycles. The van der Waals surface area contributed by atoms with Crippen molar-refractivity contribution in [3.8, 4) is 0 Å². The Labute approximate surface area is 116 Å². The first kappa shape index (κ1) is 12.9. The molecular formula is C17H15FO2. The largest absolute Gasteiger partial charge is 0.458 e. The van der Waals surface area contributed by atoms with Crippen LogP contribution in [0, 0.1) is 12.7 Å². The van der Waals surface area contributed by atoms with Gasteiger partial charge in [-0.15, -0.1) is 0 Å². The van der Waals surface area contributed by atoms with Crippen molar-refractivity contribution in [3.63, 3.8) is 0 Å². The lowest BCUT2D eigenvalue weighted by Crippen LogP contribution is -2.00. The van der Waals surface area contributed by atoms with Gasteiger partial charge in [0.05, 0.1) is 0 Å². The maximum absolute atomic E-state index is 13.1. The van der Waals surface area contributed by atoms with Crippen molar-refractivity contribution in [2.45, 2.75) is 19.4 Å². The summed E-state index contributed by atoms with van der Waals surface area (Å²) >= 11 is 0. The van der Waals surface area contributed by atoms with Crippen LogP contribution in [0.2, 0.25) is 0 Å². The number of hydrogen-bond acceptors (Lipinski definition) is 2. The molecule has 1 unspecified atom stereocenters. The van der Waals surface area contributed by atoms with E-state index in [1.165, 1.54) is 12.1 Å². The number of hydrogen-bond donors (Lipinski definition) is 1. The van der Waals surface area contributed by atoms with E-state index in [4.69, 9.17) is 4.42 Å². The summed E-state index contributed by atoms with van der Waals surface area (Å²) in [6.07, 6.45) is -0.444. The summed E-state index contributed by atoms with van der Waals surface area (Å²) in [4.78, 5) is 0. The second-order valence-electron chi connectivity index (χ2n) is 4.99. The minimum Gasteiger partial charge on any atom is -0.458 e. The molecule has 3 aromatic rings. The fourth-order valence-corrected chi connectivity index (χ4v) is 2.38. The molecule has 3 rings (SSSR count). The third-order valence-corrected chi connectivity index (χ3v) is 3.41. The molecule has 2 nitrogen and oxygen atoms in total. The van der Waals surface area contributed by atoms with E-state index in [2.05, 4.69) is 0 Å². The molecule has 0 spiro atoms. The molecule has 2 aromatic carbocycles. The summed E-state index contributed by atoms with van der Waals surface area (Å²) in [5.41, 5.74) is 2.57. The van der Waals surface area contributed by atoms with Crippen LogP contribution in [-0.2, 0) is 6.42 Å². The van der Waals surface area contributed by atoms with E-state index in [1.807, 2.05) is 31.2 Å². The van der Waals surface area contributed by atoms with Gasteiger partial charge < -0.3 is 9.52 Å². The summed E-state index contributed by atoms with van der Waals surface area (Å²) in [5, 5.41) is 11.2. The Morgan fingerprint density at radius 2 is 1.95 bits per heavy atom. The van der Waals surface area contributed by atoms with Gasteiger partial charge in [0.2, 0.25) is 0 Å². The Kier molecular flexibility index (Phi) is 3.28. The second kappa shape index (κ2) is 5.10. The molecule has 0 aliphatic heterocycles. The molecule has 0 amide bonds. The van der Waals surface area contributed by atoms with Crippen LogP contribution >= 0.6 is 0 Å². The number of aryl methyl sites for hydroxylation is 1. The highest BCUT2D eigenvalue weighted by molar-refractivity contribution is 5.80. The molecule has 0 fully saturated rings. The topological polar surface area (TPSA) is 33.4 Å². The fraction of sp³-hybridized carbons (Fsp3) is 0.176. The lowest BCUT2D eigenvalue weighted by molar-refractivity contribution is 0.152. The predicted molar refractivity (Wildman–Crippen MR) is 76.0 cm³/mol. The van der Waals surface area contributed by atoms with Gasteiger partial charge in [-0.3, -0.25) is 0 Å². The quantitative estimate of drug-likeness (QED) is 0.775. The van der Waals surface area contributed by atoms with Gasteiger partial charge >= 0.3 is 0 Å². The van der Waals surface area contributed by atoms with E-state index >= 15 is 0 Å². The van der Waals surface area contributed by atoms with E-state index < -0.39 is 6.10 Å². The van der Waals surface area contributed by atoms with Gasteiger partial charge in [0.25, 0.3) is 0 Å². The first-order valence-corrected chi connectivity index (χ1v) is 6.55. The zero-order valence-electron chi connectivity index (χ0n) is 11.1. The maximum atomic E-state index is 13.1. The van der Waals surface area contributed by atoms with Crippen molar-refractivity contribution < 1.29 is 13.9 Å². The number of aliphatic hydroxyl groups excluding tert-OH is 1. The van der Waals surface area contributed by atoms with E-state index in [0.29, 0.717) is 12.2 Å². The molecule has 1 atom stereocenters. The lowest BCUT2D eigenvalue weighted by Gasteiger charge is -2.07. The average molecular weight is 270 g/mol. The molecule has 0 saturated heterocycles. The maximum Gasteiger partial charge on any atom is 0.137 e. The van der Waals surface area contributed by atoms with E-state index in [-0.39, 0.29) is 5.82 Å². The molecule has 102 valence electrons. The highest BCUT2D eigenvalue weighted by atomic mass is 19.1. The van der Waals surface area contributed by atoms with E-state index in [9.17, 15) is 9.50 Å². The summed E-state index contributed by atoms with van der Waals surface area (Å²) in [7, 11) is 0. The predicted octanol–water partition coefficient (Wildman–Crippen LogP) is 4.16. The van der Waals surface area contributed by atoms with Crippen LogP contribution in [0.1, 0.15) is 23.0 Å². The van der Waals surface area contributed by atoms with Crippen molar-refractivity contribution in [1.82, 2.24) is 0 Å². The van der Waals surface area contributed by atoms with Crippen molar-refractivity contribution in [1.29, 1.82) is 0 Å². The smallest absolute Gasteiger partial charge is 0.137 e. The van der Waals surface area contributed by atoms with Crippen LogP contribution in [0.3, 0.4) is 0 Å². The number of benzene rings is 2. The SMILES string of the molecule is Cc1cccc2cc(C(O)Cc3cccc(F)c3)oc12. The zero-order valence-corrected chi connectivity index (χ0v) is 11.1. The number of fused-ring (bicyclic) bond motifs is 1. The van der Waals surface area contributed by atoms with Gasteiger partial charge in [-0.05, 0) is 36.2 Å². The molecule has 3 heteroatoms. The normalized spacial score (nSPS) is 12.8. The highest BCUT2D eigenvalue weighted by Gasteiger charge is 2.15. The standard InChI is InChI=1S/C17H15FO2/c1-11-4-2-6-13-10-16(20-17(11)13)15(19)9-12-5-3-7-14(18)8-12/h2-8,10,15,19H,9H2,1H3. The number of rotatable bonds is 3. The minimum atomic E-state index is -0.774. The zero-order chi connectivity index (χ0) is 14.1. The molecule has 0 aliphatic rings. The molecule has 0 bridgehead atoms. The van der Waals surface area contributed by atoms with Crippen molar-refractivity contribution in [2.75, 3.05) is 0 Å². The first-order valence-electron chi connectivity index (χ1n) is 6.55. The van der Waals surface area contributed by atoms with Gasteiger partial charge in [-0.1, -0.05) is 30.3 Å². The monoisotopic (exact) mass is 270 g/mol. The van der Waals surface area contributed by atoms with Crippen molar-refractivity contribution in [2.24, 2.45) is 0 Å². The molecule has 0 saturated carbocycles. The molecular weight excluding hydrogens is 255 g/mol. The highest BCUT2D eigenvalue weighted by Crippen LogP contribution is 2.28. The molecule has 0 radical (unpaired) electrons. The Morgan fingerprint density at radius 1 is 1.15 bits per heavy atom. The molecule has 1 aromatic heterocycles. The first-order chi connectivity index (χ1) is 9.63. The van der Waals surface area contributed by atoms with Crippen LogP contribution < -0.4 is 0 Å². The van der Waals surface area contributed by atoms with E-state index in [1.54, 1.807) is 12.1 Å². The number of furan rings is 1. The van der Waals surface area contributed by atoms with Gasteiger partial charge in [0, 0.05) is 11.8 Å². The lowest BCUT2D eigenvalue weighted by atomic mass is 10.1. The fourth-order valence-electron chi connectivity index (χ4n) is 2.38.